The Morgan fingerprint density at radius 2 is 2.10 bits per heavy atom. The Hall–Kier alpha value is -2.14. The molecule has 20 heavy (non-hydrogen) atoms. The highest BCUT2D eigenvalue weighted by Crippen LogP contribution is 2.11. The molecule has 1 aromatic carbocycles. The number of rotatable bonds is 5. The van der Waals surface area contributed by atoms with Crippen molar-refractivity contribution in [3.05, 3.63) is 53.9 Å². The Bertz CT molecular complexity index is 575. The van der Waals surface area contributed by atoms with E-state index in [0.29, 0.717) is 6.54 Å². The molecule has 0 atom stereocenters. The fourth-order valence-corrected chi connectivity index (χ4v) is 2.25. The summed E-state index contributed by atoms with van der Waals surface area (Å²) >= 11 is 0. The van der Waals surface area contributed by atoms with E-state index in [1.54, 1.807) is 6.20 Å². The summed E-state index contributed by atoms with van der Waals surface area (Å²) in [6.07, 6.45) is 3.71. The van der Waals surface area contributed by atoms with Gasteiger partial charge in [0.1, 0.15) is 0 Å². The van der Waals surface area contributed by atoms with Gasteiger partial charge in [-0.3, -0.25) is 9.48 Å². The molecule has 0 radical (unpaired) electrons. The number of benzene rings is 1. The van der Waals surface area contributed by atoms with Crippen LogP contribution in [0.3, 0.4) is 0 Å². The van der Waals surface area contributed by atoms with Gasteiger partial charge in [-0.2, -0.15) is 5.10 Å². The number of hydrogen-bond donors (Lipinski definition) is 2. The summed E-state index contributed by atoms with van der Waals surface area (Å²) in [5.41, 5.74) is 2.33. The lowest BCUT2D eigenvalue weighted by atomic mass is 10.0. The first-order valence-corrected chi connectivity index (χ1v) is 6.85. The van der Waals surface area contributed by atoms with Crippen LogP contribution in [0.5, 0.6) is 0 Å². The van der Waals surface area contributed by atoms with E-state index in [1.807, 2.05) is 29.1 Å². The van der Waals surface area contributed by atoms with E-state index in [9.17, 15) is 4.79 Å². The summed E-state index contributed by atoms with van der Waals surface area (Å²) in [6, 6.07) is 10.1. The Balaban J connectivity index is 1.64. The third-order valence-corrected chi connectivity index (χ3v) is 3.62. The number of hydrogen-bond acceptors (Lipinski definition) is 3. The first kappa shape index (κ1) is 12.9. The molecule has 1 aliphatic rings. The molecule has 3 rings (SSSR count). The zero-order valence-corrected chi connectivity index (χ0v) is 11.2. The minimum atomic E-state index is 0.133. The Morgan fingerprint density at radius 1 is 1.30 bits per heavy atom. The highest BCUT2D eigenvalue weighted by molar-refractivity contribution is 5.80. The van der Waals surface area contributed by atoms with E-state index < -0.39 is 0 Å². The minimum Gasteiger partial charge on any atom is -0.352 e. The maximum atomic E-state index is 11.9. The molecule has 104 valence electrons. The van der Waals surface area contributed by atoms with Crippen molar-refractivity contribution in [3.63, 3.8) is 0 Å². The summed E-state index contributed by atoms with van der Waals surface area (Å²) in [5, 5.41) is 10.3. The predicted molar refractivity (Wildman–Crippen MR) is 76.0 cm³/mol. The summed E-state index contributed by atoms with van der Waals surface area (Å²) in [5.74, 6) is 0.269. The van der Waals surface area contributed by atoms with Gasteiger partial charge in [0.05, 0.1) is 12.5 Å². The van der Waals surface area contributed by atoms with E-state index in [4.69, 9.17) is 0 Å². The van der Waals surface area contributed by atoms with Crippen LogP contribution in [-0.4, -0.2) is 28.8 Å². The SMILES string of the molecule is O=C(NCc1ccccc1Cn1cccn1)C1CNC1. The van der Waals surface area contributed by atoms with Gasteiger partial charge in [-0.25, -0.2) is 0 Å². The van der Waals surface area contributed by atoms with Crippen molar-refractivity contribution in [2.45, 2.75) is 13.1 Å². The van der Waals surface area contributed by atoms with E-state index in [2.05, 4.69) is 27.9 Å². The van der Waals surface area contributed by atoms with Crippen LogP contribution in [-0.2, 0) is 17.9 Å². The second-order valence-corrected chi connectivity index (χ2v) is 5.05. The van der Waals surface area contributed by atoms with Crippen molar-refractivity contribution >= 4 is 5.91 Å². The molecule has 1 amide bonds. The topological polar surface area (TPSA) is 59.0 Å². The van der Waals surface area contributed by atoms with Crippen molar-refractivity contribution in [1.82, 2.24) is 20.4 Å². The molecule has 0 aliphatic carbocycles. The van der Waals surface area contributed by atoms with Crippen LogP contribution in [0, 0.1) is 5.92 Å². The molecule has 2 aromatic rings. The smallest absolute Gasteiger partial charge is 0.225 e. The molecular weight excluding hydrogens is 252 g/mol. The largest absolute Gasteiger partial charge is 0.352 e. The van der Waals surface area contributed by atoms with Crippen LogP contribution in [0.15, 0.2) is 42.7 Å². The normalized spacial score (nSPS) is 14.8. The summed E-state index contributed by atoms with van der Waals surface area (Å²) in [7, 11) is 0. The quantitative estimate of drug-likeness (QED) is 0.843. The van der Waals surface area contributed by atoms with E-state index in [-0.39, 0.29) is 11.8 Å². The summed E-state index contributed by atoms with van der Waals surface area (Å²) in [4.78, 5) is 11.9. The zero-order valence-electron chi connectivity index (χ0n) is 11.2. The molecule has 5 nitrogen and oxygen atoms in total. The molecule has 0 spiro atoms. The molecule has 1 aromatic heterocycles. The Kier molecular flexibility index (Phi) is 3.78. The zero-order chi connectivity index (χ0) is 13.8. The predicted octanol–water partition coefficient (Wildman–Crippen LogP) is 0.767. The fraction of sp³-hybridized carbons (Fsp3) is 0.333. The van der Waals surface area contributed by atoms with Crippen molar-refractivity contribution < 1.29 is 4.79 Å². The average Bonchev–Trinajstić information content (AvgIpc) is 2.88. The molecule has 1 fully saturated rings. The van der Waals surface area contributed by atoms with Gasteiger partial charge in [0.25, 0.3) is 0 Å². The lowest BCUT2D eigenvalue weighted by Crippen LogP contribution is -2.50. The van der Waals surface area contributed by atoms with Crippen molar-refractivity contribution in [1.29, 1.82) is 0 Å². The lowest BCUT2D eigenvalue weighted by Gasteiger charge is -2.26. The van der Waals surface area contributed by atoms with Crippen LogP contribution < -0.4 is 10.6 Å². The molecule has 0 bridgehead atoms. The second-order valence-electron chi connectivity index (χ2n) is 5.05. The Labute approximate surface area is 118 Å². The lowest BCUT2D eigenvalue weighted by molar-refractivity contribution is -0.126. The molecule has 0 saturated carbocycles. The first-order valence-electron chi connectivity index (χ1n) is 6.85. The van der Waals surface area contributed by atoms with Crippen LogP contribution in [0.1, 0.15) is 11.1 Å². The van der Waals surface area contributed by atoms with Gasteiger partial charge < -0.3 is 10.6 Å². The molecule has 1 aliphatic heterocycles. The monoisotopic (exact) mass is 270 g/mol. The van der Waals surface area contributed by atoms with Gasteiger partial charge in [-0.05, 0) is 17.2 Å². The summed E-state index contributed by atoms with van der Waals surface area (Å²) in [6.45, 7) is 2.89. The molecule has 5 heteroatoms. The number of nitrogens with one attached hydrogen (secondary N) is 2. The van der Waals surface area contributed by atoms with Gasteiger partial charge >= 0.3 is 0 Å². The number of carbonyl (C=O) groups excluding carboxylic acids is 1. The Morgan fingerprint density at radius 3 is 2.75 bits per heavy atom. The van der Waals surface area contributed by atoms with E-state index in [0.717, 1.165) is 25.2 Å². The van der Waals surface area contributed by atoms with E-state index >= 15 is 0 Å². The van der Waals surface area contributed by atoms with Gasteiger partial charge in [-0.15, -0.1) is 0 Å². The maximum absolute atomic E-state index is 11.9. The van der Waals surface area contributed by atoms with Crippen LogP contribution in [0.25, 0.3) is 0 Å². The number of amides is 1. The third kappa shape index (κ3) is 2.88. The van der Waals surface area contributed by atoms with E-state index in [1.165, 1.54) is 5.56 Å². The molecule has 2 heterocycles. The maximum Gasteiger partial charge on any atom is 0.225 e. The number of carbonyl (C=O) groups is 1. The standard InChI is InChI=1S/C15H18N4O/c20-15(14-8-16-9-14)17-10-12-4-1-2-5-13(12)11-19-7-3-6-18-19/h1-7,14,16H,8-11H2,(H,17,20). The van der Waals surface area contributed by atoms with Crippen LogP contribution in [0.2, 0.25) is 0 Å². The highest BCUT2D eigenvalue weighted by atomic mass is 16.2. The van der Waals surface area contributed by atoms with Gasteiger partial charge in [0, 0.05) is 32.0 Å². The summed E-state index contributed by atoms with van der Waals surface area (Å²) < 4.78 is 1.89. The molecule has 0 unspecified atom stereocenters. The number of aromatic nitrogens is 2. The van der Waals surface area contributed by atoms with Gasteiger partial charge in [0.15, 0.2) is 0 Å². The first-order chi connectivity index (χ1) is 9.83. The van der Waals surface area contributed by atoms with Crippen molar-refractivity contribution in [3.8, 4) is 0 Å². The van der Waals surface area contributed by atoms with Crippen molar-refractivity contribution in [2.75, 3.05) is 13.1 Å². The highest BCUT2D eigenvalue weighted by Gasteiger charge is 2.24. The fourth-order valence-electron chi connectivity index (χ4n) is 2.25. The molecular formula is C15H18N4O. The third-order valence-electron chi connectivity index (χ3n) is 3.62. The van der Waals surface area contributed by atoms with Gasteiger partial charge in [0.2, 0.25) is 5.91 Å². The molecule has 1 saturated heterocycles. The van der Waals surface area contributed by atoms with Crippen molar-refractivity contribution in [2.24, 2.45) is 5.92 Å². The van der Waals surface area contributed by atoms with Crippen LogP contribution >= 0.6 is 0 Å². The number of nitrogens with zero attached hydrogens (tertiary/aromatic N) is 2. The minimum absolute atomic E-state index is 0.133. The molecule has 2 N–H and O–H groups in total. The second kappa shape index (κ2) is 5.88. The van der Waals surface area contributed by atoms with Gasteiger partial charge in [-0.1, -0.05) is 24.3 Å². The van der Waals surface area contributed by atoms with Crippen LogP contribution in [0.4, 0.5) is 0 Å². The average molecular weight is 270 g/mol.